The average molecular weight is 385 g/mol. The fourth-order valence-electron chi connectivity index (χ4n) is 1.50. The maximum atomic E-state index is 12.4. The topological polar surface area (TPSA) is 20.3 Å². The second-order valence-electron chi connectivity index (χ2n) is 3.80. The van der Waals surface area contributed by atoms with Crippen molar-refractivity contribution in [3.05, 3.63) is 33.8 Å². The molecule has 1 aromatic rings. The number of halogens is 4. The van der Waals surface area contributed by atoms with Gasteiger partial charge in [0.2, 0.25) is 0 Å². The quantitative estimate of drug-likeness (QED) is 0.706. The monoisotopic (exact) mass is 383 g/mol. The number of aryl methyl sites for hydroxylation is 1. The van der Waals surface area contributed by atoms with Crippen molar-refractivity contribution >= 4 is 37.8 Å². The smallest absolute Gasteiger partial charge is 0.255 e. The van der Waals surface area contributed by atoms with Crippen LogP contribution in [0.1, 0.15) is 15.9 Å². The molecule has 0 fully saturated rings. The molecule has 1 aromatic carbocycles. The molecule has 0 atom stereocenters. The number of alkyl halides is 3. The van der Waals surface area contributed by atoms with E-state index < -0.39 is 13.0 Å². The Morgan fingerprint density at radius 1 is 1.44 bits per heavy atom. The molecule has 6 heteroatoms. The van der Waals surface area contributed by atoms with E-state index in [1.165, 1.54) is 0 Å². The van der Waals surface area contributed by atoms with Crippen LogP contribution in [-0.2, 0) is 0 Å². The summed E-state index contributed by atoms with van der Waals surface area (Å²) in [5.41, 5.74) is 1.33. The molecule has 0 N–H and O–H groups in total. The Hall–Kier alpha value is -0.490. The third-order valence-corrected chi connectivity index (χ3v) is 3.65. The standard InChI is InChI=1S/C12H13Br2F2NO/c1-8-6-9(2-3-10(8)14)12(18)17(5-4-13)7-11(15)16/h2-3,6,11H,4-5,7H2,1H3. The lowest BCUT2D eigenvalue weighted by Crippen LogP contribution is -2.36. The molecule has 0 bridgehead atoms. The van der Waals surface area contributed by atoms with Gasteiger partial charge < -0.3 is 4.90 Å². The van der Waals surface area contributed by atoms with Gasteiger partial charge in [-0.25, -0.2) is 8.78 Å². The molecule has 100 valence electrons. The Labute approximate surface area is 122 Å². The first-order valence-electron chi connectivity index (χ1n) is 5.35. The summed E-state index contributed by atoms with van der Waals surface area (Å²) < 4.78 is 25.7. The Morgan fingerprint density at radius 3 is 2.61 bits per heavy atom. The van der Waals surface area contributed by atoms with E-state index in [0.29, 0.717) is 10.9 Å². The van der Waals surface area contributed by atoms with Gasteiger partial charge in [-0.15, -0.1) is 0 Å². The SMILES string of the molecule is Cc1cc(C(=O)N(CCBr)CC(F)F)ccc1Br. The number of benzene rings is 1. The predicted octanol–water partition coefficient (Wildman–Crippen LogP) is 3.86. The van der Waals surface area contributed by atoms with Crippen LogP contribution in [0, 0.1) is 6.92 Å². The van der Waals surface area contributed by atoms with Crippen molar-refractivity contribution in [3.63, 3.8) is 0 Å². The van der Waals surface area contributed by atoms with E-state index >= 15 is 0 Å². The Balaban J connectivity index is 2.90. The Kier molecular flexibility index (Phi) is 6.21. The number of carbonyl (C=O) groups excluding carboxylic acids is 1. The van der Waals surface area contributed by atoms with Crippen molar-refractivity contribution in [1.82, 2.24) is 4.90 Å². The molecule has 18 heavy (non-hydrogen) atoms. The lowest BCUT2D eigenvalue weighted by molar-refractivity contribution is 0.0572. The summed E-state index contributed by atoms with van der Waals surface area (Å²) in [5, 5.41) is 0.473. The van der Waals surface area contributed by atoms with E-state index in [4.69, 9.17) is 0 Å². The van der Waals surface area contributed by atoms with Crippen LogP contribution >= 0.6 is 31.9 Å². The van der Waals surface area contributed by atoms with Gasteiger partial charge in [0.05, 0.1) is 6.54 Å². The maximum absolute atomic E-state index is 12.4. The zero-order valence-corrected chi connectivity index (χ0v) is 13.0. The van der Waals surface area contributed by atoms with Crippen LogP contribution in [0.15, 0.2) is 22.7 Å². The molecule has 1 amide bonds. The average Bonchev–Trinajstić information content (AvgIpc) is 2.31. The first kappa shape index (κ1) is 15.6. The van der Waals surface area contributed by atoms with Crippen LogP contribution in [0.3, 0.4) is 0 Å². The molecule has 0 aliphatic heterocycles. The van der Waals surface area contributed by atoms with Crippen molar-refractivity contribution < 1.29 is 13.6 Å². The van der Waals surface area contributed by atoms with E-state index in [-0.39, 0.29) is 12.5 Å². The summed E-state index contributed by atoms with van der Waals surface area (Å²) in [6, 6.07) is 5.07. The molecule has 2 nitrogen and oxygen atoms in total. The van der Waals surface area contributed by atoms with Crippen LogP contribution in [0.25, 0.3) is 0 Å². The fraction of sp³-hybridized carbons (Fsp3) is 0.417. The lowest BCUT2D eigenvalue weighted by Gasteiger charge is -2.21. The van der Waals surface area contributed by atoms with Gasteiger partial charge in [-0.1, -0.05) is 31.9 Å². The molecular weight excluding hydrogens is 372 g/mol. The highest BCUT2D eigenvalue weighted by Crippen LogP contribution is 2.18. The van der Waals surface area contributed by atoms with Gasteiger partial charge in [-0.2, -0.15) is 0 Å². The van der Waals surface area contributed by atoms with E-state index in [2.05, 4.69) is 31.9 Å². The van der Waals surface area contributed by atoms with E-state index in [1.54, 1.807) is 18.2 Å². The lowest BCUT2D eigenvalue weighted by atomic mass is 10.1. The first-order valence-corrected chi connectivity index (χ1v) is 7.26. The Morgan fingerprint density at radius 2 is 2.11 bits per heavy atom. The number of amides is 1. The van der Waals surface area contributed by atoms with Crippen molar-refractivity contribution in [2.45, 2.75) is 13.3 Å². The van der Waals surface area contributed by atoms with E-state index in [9.17, 15) is 13.6 Å². The zero-order chi connectivity index (χ0) is 13.7. The van der Waals surface area contributed by atoms with Crippen LogP contribution in [-0.4, -0.2) is 35.7 Å². The maximum Gasteiger partial charge on any atom is 0.255 e. The predicted molar refractivity (Wildman–Crippen MR) is 74.6 cm³/mol. The number of rotatable bonds is 5. The van der Waals surface area contributed by atoms with Crippen molar-refractivity contribution in [2.75, 3.05) is 18.4 Å². The number of hydrogen-bond donors (Lipinski definition) is 0. The minimum Gasteiger partial charge on any atom is -0.332 e. The molecule has 0 saturated carbocycles. The third kappa shape index (κ3) is 4.31. The number of carbonyl (C=O) groups is 1. The summed E-state index contributed by atoms with van der Waals surface area (Å²) in [6.45, 7) is 1.57. The van der Waals surface area contributed by atoms with Gasteiger partial charge in [0, 0.05) is 21.9 Å². The molecule has 0 radical (unpaired) electrons. The molecule has 0 aromatic heterocycles. The minimum atomic E-state index is -2.52. The molecule has 1 rings (SSSR count). The van der Waals surface area contributed by atoms with Crippen LogP contribution in [0.2, 0.25) is 0 Å². The van der Waals surface area contributed by atoms with E-state index in [1.807, 2.05) is 6.92 Å². The highest BCUT2D eigenvalue weighted by molar-refractivity contribution is 9.10. The van der Waals surface area contributed by atoms with Gasteiger partial charge >= 0.3 is 0 Å². The van der Waals surface area contributed by atoms with Crippen molar-refractivity contribution in [3.8, 4) is 0 Å². The second kappa shape index (κ2) is 7.19. The highest BCUT2D eigenvalue weighted by Gasteiger charge is 2.19. The fourth-order valence-corrected chi connectivity index (χ4v) is 2.18. The minimum absolute atomic E-state index is 0.262. The van der Waals surface area contributed by atoms with Gasteiger partial charge in [0.15, 0.2) is 0 Å². The third-order valence-electron chi connectivity index (χ3n) is 2.40. The van der Waals surface area contributed by atoms with Crippen LogP contribution in [0.4, 0.5) is 8.78 Å². The molecule has 0 aliphatic rings. The van der Waals surface area contributed by atoms with E-state index in [0.717, 1.165) is 14.9 Å². The summed E-state index contributed by atoms with van der Waals surface area (Å²) in [6.07, 6.45) is -2.52. The zero-order valence-electron chi connectivity index (χ0n) is 9.80. The van der Waals surface area contributed by atoms with Gasteiger partial charge in [0.25, 0.3) is 12.3 Å². The Bertz CT molecular complexity index is 427. The van der Waals surface area contributed by atoms with Gasteiger partial charge in [0.1, 0.15) is 0 Å². The first-order chi connectivity index (χ1) is 8.45. The molecule has 0 spiro atoms. The molecule has 0 aliphatic carbocycles. The summed E-state index contributed by atoms with van der Waals surface area (Å²) in [5.74, 6) is -0.370. The molecule has 0 unspecified atom stereocenters. The van der Waals surface area contributed by atoms with Crippen molar-refractivity contribution in [1.29, 1.82) is 0 Å². The second-order valence-corrected chi connectivity index (χ2v) is 5.44. The number of nitrogens with zero attached hydrogens (tertiary/aromatic N) is 1. The number of hydrogen-bond acceptors (Lipinski definition) is 1. The molecular formula is C12H13Br2F2NO. The molecule has 0 heterocycles. The largest absolute Gasteiger partial charge is 0.332 e. The van der Waals surface area contributed by atoms with Gasteiger partial charge in [-0.05, 0) is 30.7 Å². The summed E-state index contributed by atoms with van der Waals surface area (Å²) >= 11 is 6.49. The van der Waals surface area contributed by atoms with Gasteiger partial charge in [-0.3, -0.25) is 4.79 Å². The van der Waals surface area contributed by atoms with Crippen LogP contribution < -0.4 is 0 Å². The normalized spacial score (nSPS) is 10.8. The summed E-state index contributed by atoms with van der Waals surface area (Å²) in [4.78, 5) is 13.2. The molecule has 0 saturated heterocycles. The van der Waals surface area contributed by atoms with Crippen molar-refractivity contribution in [2.24, 2.45) is 0 Å². The summed E-state index contributed by atoms with van der Waals surface area (Å²) in [7, 11) is 0. The highest BCUT2D eigenvalue weighted by atomic mass is 79.9. The van der Waals surface area contributed by atoms with Crippen LogP contribution in [0.5, 0.6) is 0 Å².